The van der Waals surface area contributed by atoms with Gasteiger partial charge in [-0.25, -0.2) is 0 Å². The molecule has 6 heteroatoms. The van der Waals surface area contributed by atoms with E-state index in [2.05, 4.69) is 5.32 Å². The first kappa shape index (κ1) is 19.7. The van der Waals surface area contributed by atoms with Gasteiger partial charge in [-0.05, 0) is 49.6 Å². The van der Waals surface area contributed by atoms with Crippen LogP contribution in [0, 0.1) is 6.92 Å². The first-order chi connectivity index (χ1) is 13.5. The van der Waals surface area contributed by atoms with Crippen molar-refractivity contribution in [1.82, 2.24) is 10.2 Å². The van der Waals surface area contributed by atoms with Crippen LogP contribution in [0.2, 0.25) is 0 Å². The van der Waals surface area contributed by atoms with E-state index in [9.17, 15) is 9.59 Å². The first-order valence-electron chi connectivity index (χ1n) is 9.33. The first-order valence-corrected chi connectivity index (χ1v) is 9.33. The van der Waals surface area contributed by atoms with Gasteiger partial charge < -0.3 is 19.7 Å². The minimum atomic E-state index is -0.125. The minimum absolute atomic E-state index is 0.0468. The maximum absolute atomic E-state index is 13.3. The molecule has 148 valence electrons. The molecule has 1 fully saturated rings. The molecule has 1 N–H and O–H groups in total. The van der Waals surface area contributed by atoms with Gasteiger partial charge in [0.1, 0.15) is 11.5 Å². The molecule has 0 aliphatic heterocycles. The van der Waals surface area contributed by atoms with Crippen LogP contribution in [0.15, 0.2) is 36.4 Å². The van der Waals surface area contributed by atoms with E-state index in [1.165, 1.54) is 0 Å². The highest BCUT2D eigenvalue weighted by atomic mass is 16.5. The topological polar surface area (TPSA) is 67.9 Å². The van der Waals surface area contributed by atoms with Crippen molar-refractivity contribution < 1.29 is 19.1 Å². The van der Waals surface area contributed by atoms with E-state index in [-0.39, 0.29) is 17.9 Å². The van der Waals surface area contributed by atoms with Gasteiger partial charge >= 0.3 is 0 Å². The van der Waals surface area contributed by atoms with Crippen LogP contribution in [0.25, 0.3) is 0 Å². The van der Waals surface area contributed by atoms with Crippen LogP contribution in [0.3, 0.4) is 0 Å². The summed E-state index contributed by atoms with van der Waals surface area (Å²) in [5.41, 5.74) is 3.00. The number of nitrogens with one attached hydrogen (secondary N) is 1. The van der Waals surface area contributed by atoms with Crippen LogP contribution in [-0.4, -0.2) is 44.0 Å². The molecule has 1 saturated carbocycles. The number of benzene rings is 2. The molecule has 2 aromatic rings. The van der Waals surface area contributed by atoms with Crippen molar-refractivity contribution in [2.24, 2.45) is 0 Å². The fourth-order valence-corrected chi connectivity index (χ4v) is 3.23. The molecule has 1 aliphatic carbocycles. The van der Waals surface area contributed by atoms with E-state index in [0.717, 1.165) is 24.0 Å². The van der Waals surface area contributed by atoms with Crippen LogP contribution >= 0.6 is 0 Å². The zero-order valence-corrected chi connectivity index (χ0v) is 16.7. The minimum Gasteiger partial charge on any atom is -0.496 e. The van der Waals surface area contributed by atoms with E-state index < -0.39 is 0 Å². The second kappa shape index (κ2) is 8.33. The molecule has 3 rings (SSSR count). The second-order valence-corrected chi connectivity index (χ2v) is 6.95. The molecule has 0 aromatic heterocycles. The molecule has 0 radical (unpaired) electrons. The Morgan fingerprint density at radius 2 is 1.61 bits per heavy atom. The van der Waals surface area contributed by atoms with Crippen molar-refractivity contribution in [3.63, 3.8) is 0 Å². The number of hydrogen-bond acceptors (Lipinski definition) is 4. The van der Waals surface area contributed by atoms with Gasteiger partial charge in [0.05, 0.1) is 14.2 Å². The van der Waals surface area contributed by atoms with Crippen molar-refractivity contribution in [2.75, 3.05) is 21.3 Å². The summed E-state index contributed by atoms with van der Waals surface area (Å²) in [5, 5.41) is 2.61. The zero-order chi connectivity index (χ0) is 20.3. The Kier molecular flexibility index (Phi) is 5.87. The lowest BCUT2D eigenvalue weighted by atomic mass is 10.1. The van der Waals surface area contributed by atoms with Crippen LogP contribution in [0.1, 0.15) is 44.7 Å². The molecule has 0 saturated heterocycles. The molecule has 0 heterocycles. The molecule has 0 bridgehead atoms. The predicted octanol–water partition coefficient (Wildman–Crippen LogP) is 3.18. The third kappa shape index (κ3) is 4.11. The lowest BCUT2D eigenvalue weighted by molar-refractivity contribution is 0.0728. The Morgan fingerprint density at radius 1 is 1.04 bits per heavy atom. The highest BCUT2D eigenvalue weighted by Crippen LogP contribution is 2.33. The molecule has 0 spiro atoms. The van der Waals surface area contributed by atoms with Gasteiger partial charge in [0.2, 0.25) is 0 Å². The van der Waals surface area contributed by atoms with E-state index in [0.29, 0.717) is 29.2 Å². The molecule has 2 aromatic carbocycles. The SMILES string of the molecule is CNC(=O)c1ccc(CN(C(=O)c2cc(OC)c(C)c(OC)c2)C2CC2)cc1. The Hall–Kier alpha value is -3.02. The molecule has 2 amide bonds. The number of hydrogen-bond donors (Lipinski definition) is 1. The number of methoxy groups -OCH3 is 2. The third-order valence-electron chi connectivity index (χ3n) is 5.04. The van der Waals surface area contributed by atoms with Gasteiger partial charge in [-0.3, -0.25) is 9.59 Å². The quantitative estimate of drug-likeness (QED) is 0.799. The van der Waals surface area contributed by atoms with Crippen molar-refractivity contribution in [2.45, 2.75) is 32.4 Å². The number of carbonyl (C=O) groups is 2. The highest BCUT2D eigenvalue weighted by molar-refractivity contribution is 5.96. The Morgan fingerprint density at radius 3 is 2.07 bits per heavy atom. The number of ether oxygens (including phenoxy) is 2. The summed E-state index contributed by atoms with van der Waals surface area (Å²) >= 11 is 0. The van der Waals surface area contributed by atoms with Crippen molar-refractivity contribution in [3.8, 4) is 11.5 Å². The van der Waals surface area contributed by atoms with Crippen LogP contribution in [0.4, 0.5) is 0 Å². The summed E-state index contributed by atoms with van der Waals surface area (Å²) < 4.78 is 10.8. The van der Waals surface area contributed by atoms with Gasteiger partial charge in [0.25, 0.3) is 11.8 Å². The van der Waals surface area contributed by atoms with Gasteiger partial charge in [0, 0.05) is 36.3 Å². The zero-order valence-electron chi connectivity index (χ0n) is 16.7. The largest absolute Gasteiger partial charge is 0.496 e. The molecule has 1 aliphatic rings. The molecular weight excluding hydrogens is 356 g/mol. The standard InChI is InChI=1S/C22H26N2O4/c1-14-19(27-3)11-17(12-20(14)28-4)22(26)24(18-9-10-18)13-15-5-7-16(8-6-15)21(25)23-2/h5-8,11-12,18H,9-10,13H2,1-4H3,(H,23,25). The van der Waals surface area contributed by atoms with Crippen LogP contribution in [-0.2, 0) is 6.54 Å². The number of nitrogens with zero attached hydrogens (tertiary/aromatic N) is 1. The van der Waals surface area contributed by atoms with E-state index in [4.69, 9.17) is 9.47 Å². The lowest BCUT2D eigenvalue weighted by Crippen LogP contribution is -2.32. The maximum Gasteiger partial charge on any atom is 0.254 e. The summed E-state index contributed by atoms with van der Waals surface area (Å²) in [4.78, 5) is 26.8. The summed E-state index contributed by atoms with van der Waals surface area (Å²) in [7, 11) is 4.78. The molecule has 28 heavy (non-hydrogen) atoms. The fourth-order valence-electron chi connectivity index (χ4n) is 3.23. The van der Waals surface area contributed by atoms with Gasteiger partial charge in [-0.2, -0.15) is 0 Å². The summed E-state index contributed by atoms with van der Waals surface area (Å²) in [6.07, 6.45) is 2.00. The summed E-state index contributed by atoms with van der Waals surface area (Å²) in [6.45, 7) is 2.40. The predicted molar refractivity (Wildman–Crippen MR) is 107 cm³/mol. The van der Waals surface area contributed by atoms with E-state index in [1.54, 1.807) is 45.5 Å². The van der Waals surface area contributed by atoms with Crippen LogP contribution in [0.5, 0.6) is 11.5 Å². The number of rotatable bonds is 7. The van der Waals surface area contributed by atoms with Gasteiger partial charge in [0.15, 0.2) is 0 Å². The lowest BCUT2D eigenvalue weighted by Gasteiger charge is -2.24. The monoisotopic (exact) mass is 382 g/mol. The van der Waals surface area contributed by atoms with Crippen molar-refractivity contribution >= 4 is 11.8 Å². The fraction of sp³-hybridized carbons (Fsp3) is 0.364. The van der Waals surface area contributed by atoms with Gasteiger partial charge in [-0.1, -0.05) is 12.1 Å². The van der Waals surface area contributed by atoms with E-state index >= 15 is 0 Å². The number of carbonyl (C=O) groups excluding carboxylic acids is 2. The van der Waals surface area contributed by atoms with E-state index in [1.807, 2.05) is 24.0 Å². The molecule has 0 atom stereocenters. The number of amides is 2. The molecule has 6 nitrogen and oxygen atoms in total. The maximum atomic E-state index is 13.3. The summed E-state index contributed by atoms with van der Waals surface area (Å²) in [6, 6.07) is 11.1. The average Bonchev–Trinajstić information content (AvgIpc) is 3.56. The second-order valence-electron chi connectivity index (χ2n) is 6.95. The van der Waals surface area contributed by atoms with Gasteiger partial charge in [-0.15, -0.1) is 0 Å². The Bertz CT molecular complexity index is 848. The van der Waals surface area contributed by atoms with Crippen molar-refractivity contribution in [1.29, 1.82) is 0 Å². The average molecular weight is 382 g/mol. The Labute approximate surface area is 165 Å². The summed E-state index contributed by atoms with van der Waals surface area (Å²) in [5.74, 6) is 1.09. The molecular formula is C22H26N2O4. The van der Waals surface area contributed by atoms with Crippen LogP contribution < -0.4 is 14.8 Å². The smallest absolute Gasteiger partial charge is 0.254 e. The van der Waals surface area contributed by atoms with Crippen molar-refractivity contribution in [3.05, 3.63) is 58.7 Å². The highest BCUT2D eigenvalue weighted by Gasteiger charge is 2.33. The third-order valence-corrected chi connectivity index (χ3v) is 5.04. The molecule has 0 unspecified atom stereocenters. The Balaban J connectivity index is 1.85. The normalized spacial score (nSPS) is 13.0.